The average Bonchev–Trinajstić information content (AvgIpc) is 2.56. The van der Waals surface area contributed by atoms with E-state index in [0.29, 0.717) is 19.0 Å². The van der Waals surface area contributed by atoms with Crippen molar-refractivity contribution in [2.24, 2.45) is 5.92 Å². The molecule has 1 atom stereocenters. The highest BCUT2D eigenvalue weighted by Gasteiger charge is 2.14. The summed E-state index contributed by atoms with van der Waals surface area (Å²) in [6.45, 7) is 7.48. The number of amides is 2. The molecule has 0 saturated carbocycles. The van der Waals surface area contributed by atoms with E-state index in [1.165, 1.54) is 12.7 Å². The van der Waals surface area contributed by atoms with Crippen LogP contribution >= 0.6 is 12.4 Å². The molecule has 5 nitrogen and oxygen atoms in total. The minimum absolute atomic E-state index is 0. The largest absolute Gasteiger partial charge is 0.453 e. The van der Waals surface area contributed by atoms with Gasteiger partial charge in [0.05, 0.1) is 13.0 Å². The molecule has 0 aromatic heterocycles. The van der Waals surface area contributed by atoms with Crippen LogP contribution in [0.5, 0.6) is 0 Å². The molecule has 0 saturated heterocycles. The Balaban J connectivity index is 0.00000576. The molecule has 0 aliphatic heterocycles. The van der Waals surface area contributed by atoms with Crippen molar-refractivity contribution in [2.75, 3.05) is 20.2 Å². The van der Waals surface area contributed by atoms with Crippen LogP contribution in [0.25, 0.3) is 0 Å². The Hall–Kier alpha value is -1.75. The standard InChI is InChI=1S/C19H30N2O3.ClH/c1-14(2)13-16-7-9-17(10-8-16)15(3)18(22)20-11-5-6-12-21-19(23)24-4;/h7-10,14-15H,5-6,11-13H2,1-4H3,(H,20,22)(H,21,23);1H. The van der Waals surface area contributed by atoms with Gasteiger partial charge in [-0.1, -0.05) is 38.1 Å². The fourth-order valence-corrected chi connectivity index (χ4v) is 2.44. The zero-order valence-electron chi connectivity index (χ0n) is 15.6. The Morgan fingerprint density at radius 3 is 2.08 bits per heavy atom. The topological polar surface area (TPSA) is 67.4 Å². The van der Waals surface area contributed by atoms with Crippen LogP contribution in [-0.4, -0.2) is 32.2 Å². The maximum absolute atomic E-state index is 12.2. The zero-order valence-corrected chi connectivity index (χ0v) is 16.4. The molecule has 1 unspecified atom stereocenters. The Morgan fingerprint density at radius 1 is 1.00 bits per heavy atom. The van der Waals surface area contributed by atoms with Gasteiger partial charge in [0.25, 0.3) is 0 Å². The number of methoxy groups -OCH3 is 1. The van der Waals surface area contributed by atoms with Crippen molar-refractivity contribution in [1.29, 1.82) is 0 Å². The Kier molecular flexibility index (Phi) is 11.7. The quantitative estimate of drug-likeness (QED) is 0.652. The lowest BCUT2D eigenvalue weighted by atomic mass is 9.96. The third kappa shape index (κ3) is 9.34. The van der Waals surface area contributed by atoms with Crippen LogP contribution in [0.4, 0.5) is 4.79 Å². The van der Waals surface area contributed by atoms with Crippen LogP contribution in [-0.2, 0) is 16.0 Å². The minimum Gasteiger partial charge on any atom is -0.453 e. The fraction of sp³-hybridized carbons (Fsp3) is 0.579. The van der Waals surface area contributed by atoms with Crippen LogP contribution < -0.4 is 10.6 Å². The summed E-state index contributed by atoms with van der Waals surface area (Å²) in [5.41, 5.74) is 2.34. The van der Waals surface area contributed by atoms with Gasteiger partial charge in [0.15, 0.2) is 0 Å². The van der Waals surface area contributed by atoms with E-state index in [-0.39, 0.29) is 24.2 Å². The molecule has 0 aliphatic carbocycles. The molecule has 2 amide bonds. The Bertz CT molecular complexity index is 518. The second kappa shape index (κ2) is 12.6. The van der Waals surface area contributed by atoms with E-state index in [4.69, 9.17) is 0 Å². The fourth-order valence-electron chi connectivity index (χ4n) is 2.44. The van der Waals surface area contributed by atoms with Gasteiger partial charge in [-0.25, -0.2) is 4.79 Å². The lowest BCUT2D eigenvalue weighted by Gasteiger charge is -2.14. The van der Waals surface area contributed by atoms with Gasteiger partial charge in [0, 0.05) is 13.1 Å². The first kappa shape index (κ1) is 23.2. The van der Waals surface area contributed by atoms with Gasteiger partial charge in [-0.15, -0.1) is 12.4 Å². The monoisotopic (exact) mass is 370 g/mol. The van der Waals surface area contributed by atoms with Crippen molar-refractivity contribution in [1.82, 2.24) is 10.6 Å². The van der Waals surface area contributed by atoms with Crippen LogP contribution in [0.2, 0.25) is 0 Å². The van der Waals surface area contributed by atoms with Gasteiger partial charge < -0.3 is 15.4 Å². The first-order chi connectivity index (χ1) is 11.4. The highest BCUT2D eigenvalue weighted by atomic mass is 35.5. The van der Waals surface area contributed by atoms with Gasteiger partial charge in [-0.05, 0) is 43.2 Å². The number of ether oxygens (including phenoxy) is 1. The van der Waals surface area contributed by atoms with Gasteiger partial charge in [0.1, 0.15) is 0 Å². The smallest absolute Gasteiger partial charge is 0.406 e. The molecule has 0 heterocycles. The maximum atomic E-state index is 12.2. The van der Waals surface area contributed by atoms with E-state index in [1.807, 2.05) is 19.1 Å². The third-order valence-corrected chi connectivity index (χ3v) is 3.87. The van der Waals surface area contributed by atoms with Crippen LogP contribution in [0.1, 0.15) is 50.7 Å². The van der Waals surface area contributed by atoms with Crippen molar-refractivity contribution in [3.63, 3.8) is 0 Å². The summed E-state index contributed by atoms with van der Waals surface area (Å²) in [7, 11) is 1.34. The number of hydrogen-bond acceptors (Lipinski definition) is 3. The first-order valence-corrected chi connectivity index (χ1v) is 8.62. The molecule has 25 heavy (non-hydrogen) atoms. The number of unbranched alkanes of at least 4 members (excludes halogenated alkanes) is 1. The normalized spacial score (nSPS) is 11.4. The molecule has 142 valence electrons. The highest BCUT2D eigenvalue weighted by Crippen LogP contribution is 2.17. The molecule has 0 fully saturated rings. The number of rotatable bonds is 9. The summed E-state index contributed by atoms with van der Waals surface area (Å²) >= 11 is 0. The summed E-state index contributed by atoms with van der Waals surface area (Å²) in [5.74, 6) is 0.504. The lowest BCUT2D eigenvalue weighted by Crippen LogP contribution is -2.30. The number of halogens is 1. The molecule has 6 heteroatoms. The number of alkyl carbamates (subject to hydrolysis) is 1. The SMILES string of the molecule is COC(=O)NCCCCNC(=O)C(C)c1ccc(CC(C)C)cc1.Cl. The average molecular weight is 371 g/mol. The molecular formula is C19H31ClN2O3. The van der Waals surface area contributed by atoms with E-state index in [0.717, 1.165) is 24.8 Å². The Labute approximate surface area is 157 Å². The van der Waals surface area contributed by atoms with Gasteiger partial charge in [0.2, 0.25) is 5.91 Å². The number of carbonyl (C=O) groups is 2. The van der Waals surface area contributed by atoms with E-state index in [9.17, 15) is 9.59 Å². The van der Waals surface area contributed by atoms with E-state index in [1.54, 1.807) is 0 Å². The summed E-state index contributed by atoms with van der Waals surface area (Å²) in [4.78, 5) is 23.1. The number of benzene rings is 1. The second-order valence-electron chi connectivity index (χ2n) is 6.48. The molecular weight excluding hydrogens is 340 g/mol. The molecule has 0 radical (unpaired) electrons. The highest BCUT2D eigenvalue weighted by molar-refractivity contribution is 5.85. The van der Waals surface area contributed by atoms with Gasteiger partial charge in [-0.2, -0.15) is 0 Å². The predicted octanol–water partition coefficient (Wildman–Crippen LogP) is 3.66. The first-order valence-electron chi connectivity index (χ1n) is 8.62. The molecule has 0 aliphatic rings. The Morgan fingerprint density at radius 2 is 1.56 bits per heavy atom. The minimum atomic E-state index is -0.423. The number of carbonyl (C=O) groups excluding carboxylic acids is 2. The lowest BCUT2D eigenvalue weighted by molar-refractivity contribution is -0.122. The summed E-state index contributed by atoms with van der Waals surface area (Å²) in [5, 5.41) is 5.56. The summed E-state index contributed by atoms with van der Waals surface area (Å²) in [6, 6.07) is 8.31. The molecule has 1 aromatic carbocycles. The van der Waals surface area contributed by atoms with Crippen LogP contribution in [0, 0.1) is 5.92 Å². The number of hydrogen-bond donors (Lipinski definition) is 2. The number of nitrogens with one attached hydrogen (secondary N) is 2. The molecule has 0 bridgehead atoms. The van der Waals surface area contributed by atoms with Crippen molar-refractivity contribution < 1.29 is 14.3 Å². The van der Waals surface area contributed by atoms with Gasteiger partial charge >= 0.3 is 6.09 Å². The molecule has 1 aromatic rings. The van der Waals surface area contributed by atoms with Crippen molar-refractivity contribution in [3.05, 3.63) is 35.4 Å². The molecule has 1 rings (SSSR count). The molecule has 2 N–H and O–H groups in total. The predicted molar refractivity (Wildman–Crippen MR) is 103 cm³/mol. The summed E-state index contributed by atoms with van der Waals surface area (Å²) in [6.07, 6.45) is 2.25. The van der Waals surface area contributed by atoms with E-state index >= 15 is 0 Å². The second-order valence-corrected chi connectivity index (χ2v) is 6.48. The van der Waals surface area contributed by atoms with Crippen LogP contribution in [0.15, 0.2) is 24.3 Å². The molecule has 0 spiro atoms. The third-order valence-electron chi connectivity index (χ3n) is 3.87. The van der Waals surface area contributed by atoms with E-state index < -0.39 is 6.09 Å². The summed E-state index contributed by atoms with van der Waals surface area (Å²) < 4.78 is 4.49. The van der Waals surface area contributed by atoms with Crippen molar-refractivity contribution >= 4 is 24.4 Å². The van der Waals surface area contributed by atoms with E-state index in [2.05, 4.69) is 41.4 Å². The van der Waals surface area contributed by atoms with Crippen LogP contribution in [0.3, 0.4) is 0 Å². The van der Waals surface area contributed by atoms with Crippen molar-refractivity contribution in [3.8, 4) is 0 Å². The van der Waals surface area contributed by atoms with Crippen molar-refractivity contribution in [2.45, 2.75) is 46.0 Å². The zero-order chi connectivity index (χ0) is 17.9. The van der Waals surface area contributed by atoms with Gasteiger partial charge in [-0.3, -0.25) is 4.79 Å². The maximum Gasteiger partial charge on any atom is 0.406 e.